The number of carbonyl (C=O) groups is 1. The van der Waals surface area contributed by atoms with Crippen LogP contribution in [0.5, 0.6) is 0 Å². The summed E-state index contributed by atoms with van der Waals surface area (Å²) in [7, 11) is 0. The standard InChI is InChI=1S/C25H24ClN7O2/c1-14-9-28-12-22(30-14)16-3-4-19(21(26)8-16)20-7-17-10-29-15(2)31-24(17)33(25(20)35)13-23(34)32-18-5-6-27-11-18/h3-4,7-10,12,18,27H,5-6,11,13H2,1-2H3,(H,32,34)/t18-/m0/s1. The number of fused-ring (bicyclic) bond motifs is 1. The number of halogens is 1. The van der Waals surface area contributed by atoms with E-state index >= 15 is 0 Å². The molecule has 0 aliphatic carbocycles. The van der Waals surface area contributed by atoms with Gasteiger partial charge in [0.05, 0.1) is 17.6 Å². The number of nitrogens with one attached hydrogen (secondary N) is 2. The van der Waals surface area contributed by atoms with Crippen molar-refractivity contribution in [2.45, 2.75) is 32.9 Å². The molecule has 0 unspecified atom stereocenters. The van der Waals surface area contributed by atoms with Crippen molar-refractivity contribution < 1.29 is 4.79 Å². The molecule has 178 valence electrons. The van der Waals surface area contributed by atoms with Gasteiger partial charge in [-0.05, 0) is 38.9 Å². The molecule has 1 aliphatic heterocycles. The molecular weight excluding hydrogens is 466 g/mol. The van der Waals surface area contributed by atoms with Crippen LogP contribution >= 0.6 is 11.6 Å². The van der Waals surface area contributed by atoms with Gasteiger partial charge in [-0.2, -0.15) is 0 Å². The number of benzene rings is 1. The van der Waals surface area contributed by atoms with Gasteiger partial charge in [-0.3, -0.25) is 19.1 Å². The van der Waals surface area contributed by atoms with Gasteiger partial charge in [0.1, 0.15) is 18.0 Å². The molecule has 10 heteroatoms. The lowest BCUT2D eigenvalue weighted by atomic mass is 10.0. The van der Waals surface area contributed by atoms with E-state index < -0.39 is 0 Å². The molecule has 3 aromatic heterocycles. The lowest BCUT2D eigenvalue weighted by molar-refractivity contribution is -0.122. The van der Waals surface area contributed by atoms with Crippen LogP contribution in [0.25, 0.3) is 33.4 Å². The first-order chi connectivity index (χ1) is 16.9. The second-order valence-corrected chi connectivity index (χ2v) is 9.05. The maximum Gasteiger partial charge on any atom is 0.260 e. The molecule has 1 aromatic carbocycles. The number of amides is 1. The summed E-state index contributed by atoms with van der Waals surface area (Å²) in [4.78, 5) is 43.9. The number of hydrogen-bond donors (Lipinski definition) is 2. The lowest BCUT2D eigenvalue weighted by Crippen LogP contribution is -2.40. The summed E-state index contributed by atoms with van der Waals surface area (Å²) in [5.41, 5.74) is 3.26. The highest BCUT2D eigenvalue weighted by atomic mass is 35.5. The number of pyridine rings is 1. The zero-order valence-electron chi connectivity index (χ0n) is 19.4. The SMILES string of the molecule is Cc1cncc(-c2ccc(-c3cc4cnc(C)nc4n(CC(=O)N[C@H]4CCNC4)c3=O)c(Cl)c2)n1. The first-order valence-electron chi connectivity index (χ1n) is 11.4. The van der Waals surface area contributed by atoms with E-state index in [0.717, 1.165) is 30.8 Å². The van der Waals surface area contributed by atoms with Crippen LogP contribution in [-0.4, -0.2) is 49.5 Å². The van der Waals surface area contributed by atoms with Crippen molar-refractivity contribution in [3.63, 3.8) is 0 Å². The van der Waals surface area contributed by atoms with Crippen molar-refractivity contribution in [3.8, 4) is 22.4 Å². The monoisotopic (exact) mass is 489 g/mol. The third kappa shape index (κ3) is 4.78. The average Bonchev–Trinajstić information content (AvgIpc) is 3.34. The molecule has 35 heavy (non-hydrogen) atoms. The van der Waals surface area contributed by atoms with E-state index in [4.69, 9.17) is 11.6 Å². The minimum absolute atomic E-state index is 0.0516. The zero-order chi connectivity index (χ0) is 24.5. The van der Waals surface area contributed by atoms with Crippen LogP contribution in [0.1, 0.15) is 17.9 Å². The van der Waals surface area contributed by atoms with Crippen molar-refractivity contribution in [3.05, 3.63) is 69.8 Å². The van der Waals surface area contributed by atoms with Gasteiger partial charge in [-0.25, -0.2) is 15.0 Å². The van der Waals surface area contributed by atoms with Crippen LogP contribution in [0, 0.1) is 13.8 Å². The molecule has 0 spiro atoms. The summed E-state index contributed by atoms with van der Waals surface area (Å²) in [6.07, 6.45) is 5.86. The molecular formula is C25H24ClN7O2. The Morgan fingerprint density at radius 3 is 2.77 bits per heavy atom. The van der Waals surface area contributed by atoms with E-state index in [-0.39, 0.29) is 24.1 Å². The predicted molar refractivity (Wildman–Crippen MR) is 134 cm³/mol. The number of hydrogen-bond acceptors (Lipinski definition) is 7. The van der Waals surface area contributed by atoms with E-state index in [9.17, 15) is 9.59 Å². The largest absolute Gasteiger partial charge is 0.350 e. The van der Waals surface area contributed by atoms with Crippen LogP contribution in [0.3, 0.4) is 0 Å². The Kier molecular flexibility index (Phi) is 6.27. The zero-order valence-corrected chi connectivity index (χ0v) is 20.1. The van der Waals surface area contributed by atoms with Gasteiger partial charge in [0.25, 0.3) is 5.56 Å². The Balaban J connectivity index is 1.58. The van der Waals surface area contributed by atoms with Gasteiger partial charge in [0.15, 0.2) is 0 Å². The smallest absolute Gasteiger partial charge is 0.260 e. The third-order valence-corrected chi connectivity index (χ3v) is 6.30. The highest BCUT2D eigenvalue weighted by Gasteiger charge is 2.20. The van der Waals surface area contributed by atoms with Gasteiger partial charge in [0, 0.05) is 52.1 Å². The molecule has 2 N–H and O–H groups in total. The molecule has 0 bridgehead atoms. The molecule has 9 nitrogen and oxygen atoms in total. The van der Waals surface area contributed by atoms with Gasteiger partial charge in [-0.1, -0.05) is 23.7 Å². The lowest BCUT2D eigenvalue weighted by Gasteiger charge is -2.15. The van der Waals surface area contributed by atoms with Crippen molar-refractivity contribution in [1.29, 1.82) is 0 Å². The van der Waals surface area contributed by atoms with E-state index in [1.807, 2.05) is 13.0 Å². The van der Waals surface area contributed by atoms with Crippen molar-refractivity contribution >= 4 is 28.5 Å². The molecule has 1 amide bonds. The number of nitrogens with zero attached hydrogens (tertiary/aromatic N) is 5. The summed E-state index contributed by atoms with van der Waals surface area (Å²) < 4.78 is 1.40. The Morgan fingerprint density at radius 2 is 2.03 bits per heavy atom. The van der Waals surface area contributed by atoms with Crippen molar-refractivity contribution in [1.82, 2.24) is 35.1 Å². The molecule has 5 rings (SSSR count). The molecule has 0 saturated carbocycles. The van der Waals surface area contributed by atoms with Crippen molar-refractivity contribution in [2.24, 2.45) is 0 Å². The van der Waals surface area contributed by atoms with Crippen molar-refractivity contribution in [2.75, 3.05) is 13.1 Å². The van der Waals surface area contributed by atoms with Crippen LogP contribution in [0.15, 0.2) is 47.7 Å². The average molecular weight is 490 g/mol. The molecule has 1 fully saturated rings. The van der Waals surface area contributed by atoms with E-state index in [2.05, 4.69) is 30.6 Å². The fourth-order valence-electron chi connectivity index (χ4n) is 4.27. The highest BCUT2D eigenvalue weighted by Crippen LogP contribution is 2.31. The minimum atomic E-state index is -0.347. The van der Waals surface area contributed by atoms with Crippen LogP contribution in [0.2, 0.25) is 5.02 Å². The number of aromatic nitrogens is 5. The fraction of sp³-hybridized carbons (Fsp3) is 0.280. The number of aryl methyl sites for hydroxylation is 2. The predicted octanol–water partition coefficient (Wildman–Crippen LogP) is 2.66. The molecule has 1 aliphatic rings. The highest BCUT2D eigenvalue weighted by molar-refractivity contribution is 6.33. The Bertz CT molecular complexity index is 1500. The topological polar surface area (TPSA) is 115 Å². The van der Waals surface area contributed by atoms with Gasteiger partial charge in [-0.15, -0.1) is 0 Å². The summed E-state index contributed by atoms with van der Waals surface area (Å²) >= 11 is 6.66. The Labute approximate surface area is 206 Å². The molecule has 4 heterocycles. The number of carbonyl (C=O) groups excluding carboxylic acids is 1. The molecule has 1 saturated heterocycles. The summed E-state index contributed by atoms with van der Waals surface area (Å²) in [6.45, 7) is 5.04. The van der Waals surface area contributed by atoms with E-state index in [1.54, 1.807) is 43.7 Å². The van der Waals surface area contributed by atoms with Gasteiger partial charge in [0.2, 0.25) is 5.91 Å². The molecule has 4 aromatic rings. The van der Waals surface area contributed by atoms with Crippen LogP contribution < -0.4 is 16.2 Å². The second-order valence-electron chi connectivity index (χ2n) is 8.64. The van der Waals surface area contributed by atoms with Crippen LogP contribution in [0.4, 0.5) is 0 Å². The first kappa shape index (κ1) is 23.1. The second kappa shape index (κ2) is 9.52. The maximum absolute atomic E-state index is 13.6. The van der Waals surface area contributed by atoms with E-state index in [1.165, 1.54) is 4.57 Å². The van der Waals surface area contributed by atoms with Gasteiger partial charge < -0.3 is 10.6 Å². The normalized spacial score (nSPS) is 15.5. The summed E-state index contributed by atoms with van der Waals surface area (Å²) in [5, 5.41) is 7.25. The Morgan fingerprint density at radius 1 is 1.17 bits per heavy atom. The van der Waals surface area contributed by atoms with Crippen LogP contribution in [-0.2, 0) is 11.3 Å². The molecule has 0 radical (unpaired) electrons. The quantitative estimate of drug-likeness (QED) is 0.443. The van der Waals surface area contributed by atoms with Gasteiger partial charge >= 0.3 is 0 Å². The summed E-state index contributed by atoms with van der Waals surface area (Å²) in [5.74, 6) is 0.274. The first-order valence-corrected chi connectivity index (χ1v) is 11.7. The maximum atomic E-state index is 13.6. The van der Waals surface area contributed by atoms with E-state index in [0.29, 0.717) is 38.7 Å². The minimum Gasteiger partial charge on any atom is -0.350 e. The summed E-state index contributed by atoms with van der Waals surface area (Å²) in [6, 6.07) is 7.17. The molecule has 1 atom stereocenters. The fourth-order valence-corrected chi connectivity index (χ4v) is 4.56. The third-order valence-electron chi connectivity index (χ3n) is 5.98. The number of rotatable bonds is 5. The Hall–Kier alpha value is -3.69.